The number of nitrogen functional groups attached to an aromatic ring is 1. The summed E-state index contributed by atoms with van der Waals surface area (Å²) >= 11 is 0. The van der Waals surface area contributed by atoms with E-state index in [1.807, 2.05) is 24.3 Å². The number of aryl methyl sites for hydroxylation is 1. The number of nitrogens with two attached hydrogens (primary N) is 1. The topological polar surface area (TPSA) is 120 Å². The van der Waals surface area contributed by atoms with E-state index < -0.39 is 0 Å². The number of carbonyl (C=O) groups excluding carboxylic acids is 1. The third-order valence-electron chi connectivity index (χ3n) is 4.41. The fraction of sp³-hybridized carbons (Fsp3) is 0.389. The van der Waals surface area contributed by atoms with Gasteiger partial charge in [0.05, 0.1) is 11.7 Å². The summed E-state index contributed by atoms with van der Waals surface area (Å²) in [6.45, 7) is 0.516. The van der Waals surface area contributed by atoms with Crippen molar-refractivity contribution in [2.45, 2.75) is 31.7 Å². The number of carbonyl (C=O) groups is 1. The molecule has 1 aromatic heterocycles. The van der Waals surface area contributed by atoms with Gasteiger partial charge in [-0.1, -0.05) is 30.3 Å². The second-order valence-electron chi connectivity index (χ2n) is 6.30. The van der Waals surface area contributed by atoms with Gasteiger partial charge in [-0.25, -0.2) is 4.79 Å². The summed E-state index contributed by atoms with van der Waals surface area (Å²) in [5.41, 5.74) is 7.85. The number of nitrogens with one attached hydrogen (secondary N) is 3. The Morgan fingerprint density at radius 2 is 2.16 bits per heavy atom. The number of amides is 2. The van der Waals surface area contributed by atoms with Crippen LogP contribution >= 0.6 is 0 Å². The van der Waals surface area contributed by atoms with Crippen molar-refractivity contribution in [2.24, 2.45) is 5.92 Å². The molecule has 0 aliphatic heterocycles. The molecule has 130 valence electrons. The molecule has 0 bridgehead atoms. The number of urea groups is 1. The molecule has 1 unspecified atom stereocenters. The maximum atomic E-state index is 12.2. The maximum Gasteiger partial charge on any atom is 0.315 e. The monoisotopic (exact) mass is 338 g/mol. The minimum absolute atomic E-state index is 0.0683. The first-order valence-electron chi connectivity index (χ1n) is 8.51. The van der Waals surface area contributed by atoms with Gasteiger partial charge in [-0.05, 0) is 37.2 Å². The van der Waals surface area contributed by atoms with E-state index in [1.54, 1.807) is 0 Å². The van der Waals surface area contributed by atoms with Gasteiger partial charge in [0.25, 0.3) is 0 Å². The lowest BCUT2D eigenvalue weighted by molar-refractivity contribution is 0.235. The lowest BCUT2D eigenvalue weighted by Crippen LogP contribution is -2.39. The Balaban J connectivity index is 1.45. The summed E-state index contributed by atoms with van der Waals surface area (Å²) in [6.07, 6.45) is 3.61. The molecule has 1 aliphatic carbocycles. The number of benzene rings is 1. The quantitative estimate of drug-likeness (QED) is 0.579. The highest BCUT2D eigenvalue weighted by Gasteiger charge is 2.33. The average molecular weight is 338 g/mol. The predicted octanol–water partition coefficient (Wildman–Crippen LogP) is 2.25. The van der Waals surface area contributed by atoms with Crippen molar-refractivity contribution in [2.75, 3.05) is 12.3 Å². The van der Waals surface area contributed by atoms with Crippen LogP contribution in [0.15, 0.2) is 30.3 Å². The SMILES string of the molecule is N#Cc1c(N)n[nH]c1CCCNC(=O)NC(c1ccccc1)C1CC1. The van der Waals surface area contributed by atoms with E-state index in [0.717, 1.165) is 18.4 Å². The molecule has 2 aromatic rings. The van der Waals surface area contributed by atoms with Gasteiger partial charge in [-0.3, -0.25) is 5.10 Å². The van der Waals surface area contributed by atoms with Crippen LogP contribution in [-0.2, 0) is 6.42 Å². The molecule has 7 nitrogen and oxygen atoms in total. The number of nitrogens with zero attached hydrogens (tertiary/aromatic N) is 2. The molecule has 0 spiro atoms. The molecule has 3 rings (SSSR count). The van der Waals surface area contributed by atoms with Crippen LogP contribution in [0.25, 0.3) is 0 Å². The van der Waals surface area contributed by atoms with Crippen molar-refractivity contribution in [1.29, 1.82) is 5.26 Å². The first-order valence-corrected chi connectivity index (χ1v) is 8.51. The average Bonchev–Trinajstić information content (AvgIpc) is 3.41. The van der Waals surface area contributed by atoms with Crippen molar-refractivity contribution >= 4 is 11.8 Å². The van der Waals surface area contributed by atoms with Crippen LogP contribution in [0.4, 0.5) is 10.6 Å². The van der Waals surface area contributed by atoms with Crippen LogP contribution in [0, 0.1) is 17.2 Å². The minimum atomic E-state index is -0.162. The highest BCUT2D eigenvalue weighted by atomic mass is 16.2. The molecule has 1 fully saturated rings. The van der Waals surface area contributed by atoms with Gasteiger partial charge in [0.1, 0.15) is 11.6 Å². The number of anilines is 1. The summed E-state index contributed by atoms with van der Waals surface area (Å²) < 4.78 is 0. The van der Waals surface area contributed by atoms with Gasteiger partial charge in [-0.15, -0.1) is 0 Å². The van der Waals surface area contributed by atoms with Crippen LogP contribution in [0.3, 0.4) is 0 Å². The number of nitriles is 1. The highest BCUT2D eigenvalue weighted by molar-refractivity contribution is 5.74. The van der Waals surface area contributed by atoms with Gasteiger partial charge in [0.15, 0.2) is 5.82 Å². The molecule has 7 heteroatoms. The van der Waals surface area contributed by atoms with Crippen LogP contribution in [0.2, 0.25) is 0 Å². The van der Waals surface area contributed by atoms with E-state index in [9.17, 15) is 4.79 Å². The van der Waals surface area contributed by atoms with Gasteiger partial charge < -0.3 is 16.4 Å². The first-order chi connectivity index (χ1) is 12.2. The standard InChI is InChI=1S/C18H22N6O/c19-11-14-15(23-24-17(14)20)7-4-10-21-18(25)22-16(13-8-9-13)12-5-2-1-3-6-12/h1-3,5-6,13,16H,4,7-10H2,(H3,20,23,24)(H2,21,22,25). The van der Waals surface area contributed by atoms with Crippen molar-refractivity contribution in [1.82, 2.24) is 20.8 Å². The van der Waals surface area contributed by atoms with E-state index in [0.29, 0.717) is 36.6 Å². The number of hydrogen-bond acceptors (Lipinski definition) is 4. The molecule has 1 aliphatic rings. The predicted molar refractivity (Wildman–Crippen MR) is 94.5 cm³/mol. The Morgan fingerprint density at radius 1 is 1.40 bits per heavy atom. The van der Waals surface area contributed by atoms with Crippen molar-refractivity contribution < 1.29 is 4.79 Å². The largest absolute Gasteiger partial charge is 0.381 e. The van der Waals surface area contributed by atoms with Gasteiger partial charge >= 0.3 is 6.03 Å². The smallest absolute Gasteiger partial charge is 0.315 e. The molecule has 1 atom stereocenters. The van der Waals surface area contributed by atoms with Crippen molar-refractivity contribution in [3.05, 3.63) is 47.2 Å². The molecule has 5 N–H and O–H groups in total. The zero-order chi connectivity index (χ0) is 17.6. The molecule has 1 aromatic carbocycles. The molecular weight excluding hydrogens is 316 g/mol. The summed E-state index contributed by atoms with van der Waals surface area (Å²) in [4.78, 5) is 12.2. The van der Waals surface area contributed by atoms with Gasteiger partial charge in [0, 0.05) is 6.54 Å². The Hall–Kier alpha value is -3.01. The third kappa shape index (κ3) is 4.29. The molecular formula is C18H22N6O. The van der Waals surface area contributed by atoms with E-state index >= 15 is 0 Å². The number of aromatic nitrogens is 2. The van der Waals surface area contributed by atoms with Gasteiger partial charge in [0.2, 0.25) is 0 Å². The van der Waals surface area contributed by atoms with E-state index in [1.165, 1.54) is 0 Å². The molecule has 25 heavy (non-hydrogen) atoms. The second-order valence-corrected chi connectivity index (χ2v) is 6.30. The van der Waals surface area contributed by atoms with Crippen LogP contribution in [-0.4, -0.2) is 22.8 Å². The van der Waals surface area contributed by atoms with E-state index in [2.05, 4.69) is 33.0 Å². The van der Waals surface area contributed by atoms with Crippen LogP contribution < -0.4 is 16.4 Å². The van der Waals surface area contributed by atoms with E-state index in [-0.39, 0.29) is 17.9 Å². The minimum Gasteiger partial charge on any atom is -0.381 e. The second kappa shape index (κ2) is 7.71. The number of H-pyrrole nitrogens is 1. The van der Waals surface area contributed by atoms with Crippen molar-refractivity contribution in [3.63, 3.8) is 0 Å². The molecule has 0 saturated heterocycles. The fourth-order valence-corrected chi connectivity index (χ4v) is 2.92. The first kappa shape index (κ1) is 16.8. The Morgan fingerprint density at radius 3 is 2.84 bits per heavy atom. The lowest BCUT2D eigenvalue weighted by Gasteiger charge is -2.19. The Kier molecular flexibility index (Phi) is 5.19. The molecule has 1 saturated carbocycles. The lowest BCUT2D eigenvalue weighted by atomic mass is 10.0. The summed E-state index contributed by atoms with van der Waals surface area (Å²) in [5.74, 6) is 0.748. The van der Waals surface area contributed by atoms with Gasteiger partial charge in [-0.2, -0.15) is 10.4 Å². The number of rotatable bonds is 7. The zero-order valence-corrected chi connectivity index (χ0v) is 14.0. The Bertz CT molecular complexity index is 760. The molecule has 2 amide bonds. The summed E-state index contributed by atoms with van der Waals surface area (Å²) in [7, 11) is 0. The van der Waals surface area contributed by atoms with E-state index in [4.69, 9.17) is 11.0 Å². The fourth-order valence-electron chi connectivity index (χ4n) is 2.92. The highest BCUT2D eigenvalue weighted by Crippen LogP contribution is 2.40. The molecule has 0 radical (unpaired) electrons. The normalized spacial score (nSPS) is 14.5. The molecule has 1 heterocycles. The number of aromatic amines is 1. The van der Waals surface area contributed by atoms with Crippen molar-refractivity contribution in [3.8, 4) is 6.07 Å². The third-order valence-corrected chi connectivity index (χ3v) is 4.41. The summed E-state index contributed by atoms with van der Waals surface area (Å²) in [6, 6.07) is 12.0. The zero-order valence-electron chi connectivity index (χ0n) is 14.0. The maximum absolute atomic E-state index is 12.2. The van der Waals surface area contributed by atoms with Crippen LogP contribution in [0.5, 0.6) is 0 Å². The summed E-state index contributed by atoms with van der Waals surface area (Å²) in [5, 5.41) is 21.6. The number of hydrogen-bond donors (Lipinski definition) is 4. The van der Waals surface area contributed by atoms with Crippen LogP contribution in [0.1, 0.15) is 42.1 Å². The Labute approximate surface area is 146 Å².